The molecule has 3 nitrogen and oxygen atoms in total. The van der Waals surface area contributed by atoms with Crippen molar-refractivity contribution in [3.63, 3.8) is 0 Å². The highest BCUT2D eigenvalue weighted by Crippen LogP contribution is 2.31. The SMILES string of the molecule is Cc1cccc2nc(C3CCNCC3C)n(C)c12. The molecule has 2 aromatic rings. The van der Waals surface area contributed by atoms with Gasteiger partial charge in [-0.15, -0.1) is 0 Å². The van der Waals surface area contributed by atoms with Crippen LogP contribution in [-0.4, -0.2) is 22.6 Å². The van der Waals surface area contributed by atoms with Crippen molar-refractivity contribution in [3.8, 4) is 0 Å². The summed E-state index contributed by atoms with van der Waals surface area (Å²) in [5.74, 6) is 2.51. The molecule has 2 unspecified atom stereocenters. The molecule has 1 aromatic carbocycles. The van der Waals surface area contributed by atoms with Crippen LogP contribution in [0.25, 0.3) is 11.0 Å². The van der Waals surface area contributed by atoms with Gasteiger partial charge in [-0.3, -0.25) is 0 Å². The molecule has 1 N–H and O–H groups in total. The van der Waals surface area contributed by atoms with Gasteiger partial charge in [0.2, 0.25) is 0 Å². The van der Waals surface area contributed by atoms with Gasteiger partial charge < -0.3 is 9.88 Å². The topological polar surface area (TPSA) is 29.9 Å². The number of rotatable bonds is 1. The first-order valence-electron chi connectivity index (χ1n) is 6.81. The van der Waals surface area contributed by atoms with E-state index in [1.165, 1.54) is 23.3 Å². The molecule has 96 valence electrons. The van der Waals surface area contributed by atoms with E-state index in [9.17, 15) is 0 Å². The first kappa shape index (κ1) is 11.7. The van der Waals surface area contributed by atoms with Gasteiger partial charge in [0.25, 0.3) is 0 Å². The third-order valence-corrected chi connectivity index (χ3v) is 4.25. The minimum absolute atomic E-state index is 0.586. The number of aromatic nitrogens is 2. The van der Waals surface area contributed by atoms with E-state index in [4.69, 9.17) is 4.98 Å². The molecule has 0 amide bonds. The molecule has 1 saturated heterocycles. The third kappa shape index (κ3) is 1.74. The van der Waals surface area contributed by atoms with Crippen molar-refractivity contribution in [2.45, 2.75) is 26.2 Å². The Bertz CT molecular complexity index is 570. The number of hydrogen-bond donors (Lipinski definition) is 1. The molecule has 1 aliphatic heterocycles. The van der Waals surface area contributed by atoms with Gasteiger partial charge in [-0.2, -0.15) is 0 Å². The lowest BCUT2D eigenvalue weighted by Gasteiger charge is -2.29. The van der Waals surface area contributed by atoms with Crippen molar-refractivity contribution >= 4 is 11.0 Å². The Morgan fingerprint density at radius 1 is 1.39 bits per heavy atom. The number of imidazole rings is 1. The Morgan fingerprint density at radius 3 is 2.94 bits per heavy atom. The summed E-state index contributed by atoms with van der Waals surface area (Å²) < 4.78 is 2.30. The second-order valence-corrected chi connectivity index (χ2v) is 5.55. The summed E-state index contributed by atoms with van der Waals surface area (Å²) in [6, 6.07) is 6.39. The van der Waals surface area contributed by atoms with Crippen molar-refractivity contribution in [1.29, 1.82) is 0 Å². The van der Waals surface area contributed by atoms with E-state index in [1.807, 2.05) is 0 Å². The van der Waals surface area contributed by atoms with Crippen molar-refractivity contribution in [3.05, 3.63) is 29.6 Å². The molecule has 0 saturated carbocycles. The molecule has 1 aromatic heterocycles. The number of piperidine rings is 1. The number of benzene rings is 1. The van der Waals surface area contributed by atoms with Crippen molar-refractivity contribution in [1.82, 2.24) is 14.9 Å². The average molecular weight is 243 g/mol. The van der Waals surface area contributed by atoms with Crippen molar-refractivity contribution < 1.29 is 0 Å². The molecule has 3 rings (SSSR count). The van der Waals surface area contributed by atoms with Crippen LogP contribution in [0, 0.1) is 12.8 Å². The molecule has 1 fully saturated rings. The van der Waals surface area contributed by atoms with Gasteiger partial charge in [0, 0.05) is 13.0 Å². The molecule has 0 bridgehead atoms. The lowest BCUT2D eigenvalue weighted by Crippen LogP contribution is -2.34. The number of aryl methyl sites for hydroxylation is 2. The number of nitrogens with one attached hydrogen (secondary N) is 1. The maximum absolute atomic E-state index is 4.88. The van der Waals surface area contributed by atoms with Crippen LogP contribution >= 0.6 is 0 Å². The van der Waals surface area contributed by atoms with Gasteiger partial charge in [-0.1, -0.05) is 19.1 Å². The van der Waals surface area contributed by atoms with Crippen LogP contribution in [0.1, 0.15) is 30.7 Å². The molecular weight excluding hydrogens is 222 g/mol. The summed E-state index contributed by atoms with van der Waals surface area (Å²) in [6.07, 6.45) is 1.19. The smallest absolute Gasteiger partial charge is 0.113 e. The lowest BCUT2D eigenvalue weighted by molar-refractivity contribution is 0.334. The standard InChI is InChI=1S/C15H21N3/c1-10-5-4-6-13-14(10)18(3)15(17-13)12-7-8-16-9-11(12)2/h4-6,11-12,16H,7-9H2,1-3H3. The van der Waals surface area contributed by atoms with Gasteiger partial charge in [-0.05, 0) is 44.0 Å². The number of para-hydroxylation sites is 1. The van der Waals surface area contributed by atoms with Crippen molar-refractivity contribution in [2.24, 2.45) is 13.0 Å². The van der Waals surface area contributed by atoms with E-state index >= 15 is 0 Å². The molecule has 2 heterocycles. The van der Waals surface area contributed by atoms with E-state index in [0.717, 1.165) is 18.6 Å². The van der Waals surface area contributed by atoms with Crippen LogP contribution in [0.2, 0.25) is 0 Å². The Kier molecular flexibility index (Phi) is 2.86. The quantitative estimate of drug-likeness (QED) is 0.834. The van der Waals surface area contributed by atoms with E-state index in [1.54, 1.807) is 0 Å². The Hall–Kier alpha value is -1.35. The van der Waals surface area contributed by atoms with Crippen LogP contribution in [0.15, 0.2) is 18.2 Å². The van der Waals surface area contributed by atoms with E-state index in [0.29, 0.717) is 11.8 Å². The van der Waals surface area contributed by atoms with Crippen molar-refractivity contribution in [2.75, 3.05) is 13.1 Å². The Morgan fingerprint density at radius 2 is 2.22 bits per heavy atom. The number of hydrogen-bond acceptors (Lipinski definition) is 2. The molecule has 3 heteroatoms. The largest absolute Gasteiger partial charge is 0.331 e. The van der Waals surface area contributed by atoms with Gasteiger partial charge in [0.1, 0.15) is 5.82 Å². The zero-order chi connectivity index (χ0) is 12.7. The zero-order valence-corrected chi connectivity index (χ0v) is 11.4. The fraction of sp³-hybridized carbons (Fsp3) is 0.533. The van der Waals surface area contributed by atoms with E-state index in [-0.39, 0.29) is 0 Å². The summed E-state index contributed by atoms with van der Waals surface area (Å²) in [5.41, 5.74) is 3.74. The molecule has 1 aliphatic rings. The second-order valence-electron chi connectivity index (χ2n) is 5.55. The van der Waals surface area contributed by atoms with Gasteiger partial charge in [0.05, 0.1) is 11.0 Å². The highest BCUT2D eigenvalue weighted by atomic mass is 15.1. The monoisotopic (exact) mass is 243 g/mol. The maximum Gasteiger partial charge on any atom is 0.113 e. The highest BCUT2D eigenvalue weighted by molar-refractivity contribution is 5.79. The highest BCUT2D eigenvalue weighted by Gasteiger charge is 2.27. The predicted molar refractivity (Wildman–Crippen MR) is 74.8 cm³/mol. The van der Waals surface area contributed by atoms with Crippen LogP contribution in [-0.2, 0) is 7.05 Å². The molecule has 2 atom stereocenters. The van der Waals surface area contributed by atoms with E-state index in [2.05, 4.69) is 49.0 Å². The summed E-state index contributed by atoms with van der Waals surface area (Å²) in [6.45, 7) is 6.70. The minimum atomic E-state index is 0.586. The second kappa shape index (κ2) is 4.39. The average Bonchev–Trinajstić information content (AvgIpc) is 2.69. The molecule has 0 spiro atoms. The number of fused-ring (bicyclic) bond motifs is 1. The van der Waals surface area contributed by atoms with Gasteiger partial charge in [0.15, 0.2) is 0 Å². The summed E-state index contributed by atoms with van der Waals surface area (Å²) in [7, 11) is 2.16. The zero-order valence-electron chi connectivity index (χ0n) is 11.4. The maximum atomic E-state index is 4.88. The summed E-state index contributed by atoms with van der Waals surface area (Å²) >= 11 is 0. The molecule has 0 radical (unpaired) electrons. The Balaban J connectivity index is 2.12. The summed E-state index contributed by atoms with van der Waals surface area (Å²) in [5, 5.41) is 3.46. The lowest BCUT2D eigenvalue weighted by atomic mass is 9.87. The minimum Gasteiger partial charge on any atom is -0.331 e. The number of nitrogens with zero attached hydrogens (tertiary/aromatic N) is 2. The molecule has 0 aliphatic carbocycles. The van der Waals surface area contributed by atoms with Crippen LogP contribution in [0.5, 0.6) is 0 Å². The predicted octanol–water partition coefficient (Wildman–Crippen LogP) is 2.59. The molecule has 18 heavy (non-hydrogen) atoms. The fourth-order valence-corrected chi connectivity index (χ4v) is 3.21. The third-order valence-electron chi connectivity index (χ3n) is 4.25. The van der Waals surface area contributed by atoms with Gasteiger partial charge >= 0.3 is 0 Å². The first-order valence-corrected chi connectivity index (χ1v) is 6.81. The molecular formula is C15H21N3. The van der Waals surface area contributed by atoms with Crippen LogP contribution in [0.3, 0.4) is 0 Å². The van der Waals surface area contributed by atoms with E-state index < -0.39 is 0 Å². The normalized spacial score (nSPS) is 24.6. The van der Waals surface area contributed by atoms with Crippen LogP contribution in [0.4, 0.5) is 0 Å². The van der Waals surface area contributed by atoms with Crippen LogP contribution < -0.4 is 5.32 Å². The van der Waals surface area contributed by atoms with Gasteiger partial charge in [-0.25, -0.2) is 4.98 Å². The Labute approximate surface area is 108 Å². The fourth-order valence-electron chi connectivity index (χ4n) is 3.21. The first-order chi connectivity index (χ1) is 8.68. The summed E-state index contributed by atoms with van der Waals surface area (Å²) in [4.78, 5) is 4.88.